The van der Waals surface area contributed by atoms with Gasteiger partial charge >= 0.3 is 0 Å². The summed E-state index contributed by atoms with van der Waals surface area (Å²) in [5.74, 6) is -0.304. The van der Waals surface area contributed by atoms with Crippen LogP contribution in [0.3, 0.4) is 0 Å². The molecule has 2 N–H and O–H groups in total. The van der Waals surface area contributed by atoms with Gasteiger partial charge in [-0.25, -0.2) is 4.39 Å². The molecular weight excluding hydrogens is 259 g/mol. The number of anilines is 1. The zero-order chi connectivity index (χ0) is 14.8. The Hall–Kier alpha value is -1.17. The monoisotopic (exact) mass is 284 g/mol. The van der Waals surface area contributed by atoms with Gasteiger partial charge < -0.3 is 15.2 Å². The molecule has 0 fully saturated rings. The van der Waals surface area contributed by atoms with Gasteiger partial charge in [-0.05, 0) is 31.5 Å². The summed E-state index contributed by atoms with van der Waals surface area (Å²) in [6.45, 7) is 8.98. The van der Waals surface area contributed by atoms with Crippen LogP contribution in [0.5, 0.6) is 0 Å². The Morgan fingerprint density at radius 2 is 1.70 bits per heavy atom. The Morgan fingerprint density at radius 1 is 1.10 bits per heavy atom. The summed E-state index contributed by atoms with van der Waals surface area (Å²) in [5.41, 5.74) is 7.27. The van der Waals surface area contributed by atoms with Gasteiger partial charge in [0.2, 0.25) is 0 Å². The molecule has 5 heteroatoms. The Balaban J connectivity index is 2.56. The third kappa shape index (κ3) is 6.32. The second kappa shape index (κ2) is 9.69. The van der Waals surface area contributed by atoms with E-state index in [2.05, 4.69) is 4.90 Å². The molecule has 0 unspecified atom stereocenters. The van der Waals surface area contributed by atoms with Crippen molar-refractivity contribution in [3.8, 4) is 0 Å². The Bertz CT molecular complexity index is 378. The zero-order valence-electron chi connectivity index (χ0n) is 12.4. The van der Waals surface area contributed by atoms with Crippen molar-refractivity contribution in [3.63, 3.8) is 0 Å². The smallest absolute Gasteiger partial charge is 0.125 e. The minimum Gasteiger partial charge on any atom is -0.398 e. The molecule has 0 saturated carbocycles. The number of nitrogens with zero attached hydrogens (tertiary/aromatic N) is 1. The van der Waals surface area contributed by atoms with Crippen molar-refractivity contribution in [1.82, 2.24) is 4.90 Å². The predicted molar refractivity (Wildman–Crippen MR) is 79.1 cm³/mol. The lowest BCUT2D eigenvalue weighted by Crippen LogP contribution is -2.31. The third-order valence-corrected chi connectivity index (χ3v) is 3.01. The van der Waals surface area contributed by atoms with Crippen LogP contribution in [-0.2, 0) is 16.0 Å². The minimum absolute atomic E-state index is 0.304. The van der Waals surface area contributed by atoms with Gasteiger partial charge in [0, 0.05) is 38.5 Å². The Labute approximate surface area is 120 Å². The molecule has 0 aliphatic carbocycles. The van der Waals surface area contributed by atoms with Gasteiger partial charge in [0.15, 0.2) is 0 Å². The van der Waals surface area contributed by atoms with E-state index < -0.39 is 0 Å². The molecule has 0 atom stereocenters. The van der Waals surface area contributed by atoms with E-state index in [0.29, 0.717) is 38.7 Å². The molecule has 4 nitrogen and oxygen atoms in total. The van der Waals surface area contributed by atoms with E-state index in [0.717, 1.165) is 18.7 Å². The maximum atomic E-state index is 13.0. The molecule has 0 aromatic heterocycles. The van der Waals surface area contributed by atoms with Crippen LogP contribution in [0.15, 0.2) is 18.2 Å². The molecule has 0 amide bonds. The quantitative estimate of drug-likeness (QED) is 0.529. The summed E-state index contributed by atoms with van der Waals surface area (Å²) in [6.07, 6.45) is 0. The van der Waals surface area contributed by atoms with Crippen molar-refractivity contribution in [2.75, 3.05) is 45.3 Å². The summed E-state index contributed by atoms with van der Waals surface area (Å²) in [4.78, 5) is 2.20. The lowest BCUT2D eigenvalue weighted by molar-refractivity contribution is 0.0798. The van der Waals surface area contributed by atoms with Crippen molar-refractivity contribution in [2.24, 2.45) is 0 Å². The first-order valence-corrected chi connectivity index (χ1v) is 7.09. The van der Waals surface area contributed by atoms with E-state index in [1.807, 2.05) is 13.8 Å². The van der Waals surface area contributed by atoms with Crippen molar-refractivity contribution in [3.05, 3.63) is 29.6 Å². The SMILES string of the molecule is CCOCCN(CCOCC)Cc1ccc(F)cc1N. The normalized spacial score (nSPS) is 11.2. The topological polar surface area (TPSA) is 47.7 Å². The third-order valence-electron chi connectivity index (χ3n) is 3.01. The fourth-order valence-corrected chi connectivity index (χ4v) is 1.90. The van der Waals surface area contributed by atoms with E-state index in [9.17, 15) is 4.39 Å². The summed E-state index contributed by atoms with van der Waals surface area (Å²) < 4.78 is 23.8. The maximum Gasteiger partial charge on any atom is 0.125 e. The second-order valence-electron chi connectivity index (χ2n) is 4.51. The van der Waals surface area contributed by atoms with E-state index in [-0.39, 0.29) is 5.82 Å². The van der Waals surface area contributed by atoms with Crippen LogP contribution in [-0.4, -0.2) is 44.4 Å². The van der Waals surface area contributed by atoms with Gasteiger partial charge in [0.05, 0.1) is 13.2 Å². The minimum atomic E-state index is -0.304. The molecule has 0 bridgehead atoms. The summed E-state index contributed by atoms with van der Waals surface area (Å²) in [7, 11) is 0. The van der Waals surface area contributed by atoms with Crippen molar-refractivity contribution >= 4 is 5.69 Å². The molecule has 0 aliphatic heterocycles. The van der Waals surface area contributed by atoms with E-state index >= 15 is 0 Å². The highest BCUT2D eigenvalue weighted by Gasteiger charge is 2.09. The molecule has 0 saturated heterocycles. The van der Waals surface area contributed by atoms with Gasteiger partial charge in [-0.2, -0.15) is 0 Å². The average molecular weight is 284 g/mol. The van der Waals surface area contributed by atoms with Crippen molar-refractivity contribution in [1.29, 1.82) is 0 Å². The van der Waals surface area contributed by atoms with Crippen LogP contribution in [0.4, 0.5) is 10.1 Å². The fourth-order valence-electron chi connectivity index (χ4n) is 1.90. The number of nitrogens with two attached hydrogens (primary N) is 1. The van der Waals surface area contributed by atoms with Gasteiger partial charge in [-0.1, -0.05) is 6.07 Å². The number of halogens is 1. The first-order valence-electron chi connectivity index (χ1n) is 7.09. The molecular formula is C15H25FN2O2. The second-order valence-corrected chi connectivity index (χ2v) is 4.51. The number of benzene rings is 1. The Morgan fingerprint density at radius 3 is 2.20 bits per heavy atom. The molecule has 1 aromatic carbocycles. The van der Waals surface area contributed by atoms with Crippen LogP contribution in [0.1, 0.15) is 19.4 Å². The molecule has 0 aliphatic rings. The molecule has 0 spiro atoms. The lowest BCUT2D eigenvalue weighted by atomic mass is 10.1. The Kier molecular flexibility index (Phi) is 8.18. The van der Waals surface area contributed by atoms with Gasteiger partial charge in [-0.15, -0.1) is 0 Å². The number of rotatable bonds is 10. The molecule has 0 heterocycles. The van der Waals surface area contributed by atoms with Crippen LogP contribution in [0.2, 0.25) is 0 Å². The highest BCUT2D eigenvalue weighted by atomic mass is 19.1. The van der Waals surface area contributed by atoms with Crippen LogP contribution < -0.4 is 5.73 Å². The van der Waals surface area contributed by atoms with E-state index in [1.165, 1.54) is 12.1 Å². The molecule has 114 valence electrons. The number of ether oxygens (including phenoxy) is 2. The molecule has 1 aromatic rings. The summed E-state index contributed by atoms with van der Waals surface area (Å²) >= 11 is 0. The number of nitrogen functional groups attached to an aromatic ring is 1. The van der Waals surface area contributed by atoms with Gasteiger partial charge in [0.25, 0.3) is 0 Å². The molecule has 20 heavy (non-hydrogen) atoms. The summed E-state index contributed by atoms with van der Waals surface area (Å²) in [5, 5.41) is 0. The summed E-state index contributed by atoms with van der Waals surface area (Å²) in [6, 6.07) is 4.53. The van der Waals surface area contributed by atoms with Crippen molar-refractivity contribution < 1.29 is 13.9 Å². The van der Waals surface area contributed by atoms with E-state index in [4.69, 9.17) is 15.2 Å². The van der Waals surface area contributed by atoms with Crippen molar-refractivity contribution in [2.45, 2.75) is 20.4 Å². The fraction of sp³-hybridized carbons (Fsp3) is 0.600. The predicted octanol–water partition coefficient (Wildman–Crippen LogP) is 2.28. The maximum absolute atomic E-state index is 13.0. The molecule has 0 radical (unpaired) electrons. The largest absolute Gasteiger partial charge is 0.398 e. The first kappa shape index (κ1) is 16.9. The number of hydrogen-bond donors (Lipinski definition) is 1. The van der Waals surface area contributed by atoms with Crippen LogP contribution in [0, 0.1) is 5.82 Å². The highest BCUT2D eigenvalue weighted by Crippen LogP contribution is 2.15. The highest BCUT2D eigenvalue weighted by molar-refractivity contribution is 5.46. The van der Waals surface area contributed by atoms with E-state index in [1.54, 1.807) is 6.07 Å². The lowest BCUT2D eigenvalue weighted by Gasteiger charge is -2.23. The number of hydrogen-bond acceptors (Lipinski definition) is 4. The van der Waals surface area contributed by atoms with Crippen LogP contribution in [0.25, 0.3) is 0 Å². The van der Waals surface area contributed by atoms with Gasteiger partial charge in [-0.3, -0.25) is 4.90 Å². The average Bonchev–Trinajstić information content (AvgIpc) is 2.42. The first-order chi connectivity index (χ1) is 9.67. The van der Waals surface area contributed by atoms with Crippen LogP contribution >= 0.6 is 0 Å². The standard InChI is InChI=1S/C15H25FN2O2/c1-3-19-9-7-18(8-10-20-4-2)12-13-5-6-14(16)11-15(13)17/h5-6,11H,3-4,7-10,12,17H2,1-2H3. The zero-order valence-corrected chi connectivity index (χ0v) is 12.4. The molecule has 1 rings (SSSR count). The van der Waals surface area contributed by atoms with Gasteiger partial charge in [0.1, 0.15) is 5.82 Å².